The molecule has 0 radical (unpaired) electrons. The average Bonchev–Trinajstić information content (AvgIpc) is 2.09. The van der Waals surface area contributed by atoms with Crippen LogP contribution in [-0.4, -0.2) is 25.5 Å². The van der Waals surface area contributed by atoms with Crippen LogP contribution < -0.4 is 10.6 Å². The van der Waals surface area contributed by atoms with Crippen molar-refractivity contribution in [1.29, 1.82) is 0 Å². The summed E-state index contributed by atoms with van der Waals surface area (Å²) in [6.07, 6.45) is 0.736. The minimum absolute atomic E-state index is 0. The van der Waals surface area contributed by atoms with E-state index in [1.54, 1.807) is 0 Å². The molecule has 0 aromatic carbocycles. The van der Waals surface area contributed by atoms with Gasteiger partial charge in [0.15, 0.2) is 0 Å². The van der Waals surface area contributed by atoms with Gasteiger partial charge in [-0.1, -0.05) is 0 Å². The van der Waals surface area contributed by atoms with Crippen molar-refractivity contribution in [3.8, 4) is 0 Å². The molecule has 1 amide bonds. The SMILES string of the molecule is Br.O=C1CC2(CNC2)CN1. The van der Waals surface area contributed by atoms with Gasteiger partial charge >= 0.3 is 0 Å². The zero-order chi connectivity index (χ0) is 6.32. The maximum atomic E-state index is 10.7. The summed E-state index contributed by atoms with van der Waals surface area (Å²) in [5.74, 6) is 0.219. The molecule has 0 aliphatic carbocycles. The van der Waals surface area contributed by atoms with Gasteiger partial charge in [0.1, 0.15) is 0 Å². The van der Waals surface area contributed by atoms with E-state index in [2.05, 4.69) is 10.6 Å². The van der Waals surface area contributed by atoms with E-state index in [1.807, 2.05) is 0 Å². The van der Waals surface area contributed by atoms with Crippen LogP contribution in [0.4, 0.5) is 0 Å². The summed E-state index contributed by atoms with van der Waals surface area (Å²) in [6.45, 7) is 2.93. The molecule has 0 aromatic heterocycles. The van der Waals surface area contributed by atoms with Crippen molar-refractivity contribution in [3.05, 3.63) is 0 Å². The summed E-state index contributed by atoms with van der Waals surface area (Å²) >= 11 is 0. The summed E-state index contributed by atoms with van der Waals surface area (Å²) in [6, 6.07) is 0. The number of carbonyl (C=O) groups excluding carboxylic acids is 1. The van der Waals surface area contributed by atoms with Gasteiger partial charge < -0.3 is 10.6 Å². The van der Waals surface area contributed by atoms with Crippen molar-refractivity contribution in [3.63, 3.8) is 0 Å². The largest absolute Gasteiger partial charge is 0.355 e. The highest BCUT2D eigenvalue weighted by atomic mass is 79.9. The topological polar surface area (TPSA) is 41.1 Å². The standard InChI is InChI=1S/C6H10N2O.BrH/c9-5-1-6(4-8-5)2-7-3-6;/h7H,1-4H2,(H,8,9);1H. The molecule has 58 valence electrons. The van der Waals surface area contributed by atoms with E-state index in [9.17, 15) is 4.79 Å². The first kappa shape index (κ1) is 8.01. The van der Waals surface area contributed by atoms with Crippen LogP contribution >= 0.6 is 17.0 Å². The molecule has 2 aliphatic heterocycles. The Morgan fingerprint density at radius 1 is 1.30 bits per heavy atom. The lowest BCUT2D eigenvalue weighted by Crippen LogP contribution is -2.54. The van der Waals surface area contributed by atoms with Crippen molar-refractivity contribution >= 4 is 22.9 Å². The molecule has 3 nitrogen and oxygen atoms in total. The molecule has 2 rings (SSSR count). The van der Waals surface area contributed by atoms with Gasteiger partial charge in [-0.3, -0.25) is 4.79 Å². The Morgan fingerprint density at radius 2 is 2.00 bits per heavy atom. The monoisotopic (exact) mass is 206 g/mol. The van der Waals surface area contributed by atoms with E-state index in [0.717, 1.165) is 26.1 Å². The number of carbonyl (C=O) groups is 1. The third-order valence-corrected chi connectivity index (χ3v) is 2.20. The molecule has 0 aromatic rings. The lowest BCUT2D eigenvalue weighted by atomic mass is 9.81. The molecule has 0 unspecified atom stereocenters. The van der Waals surface area contributed by atoms with Crippen molar-refractivity contribution in [2.45, 2.75) is 6.42 Å². The van der Waals surface area contributed by atoms with Gasteiger partial charge in [-0.15, -0.1) is 17.0 Å². The van der Waals surface area contributed by atoms with E-state index >= 15 is 0 Å². The lowest BCUT2D eigenvalue weighted by Gasteiger charge is -2.37. The second kappa shape index (κ2) is 2.51. The van der Waals surface area contributed by atoms with E-state index in [4.69, 9.17) is 0 Å². The van der Waals surface area contributed by atoms with Gasteiger partial charge in [0.25, 0.3) is 0 Å². The fraction of sp³-hybridized carbons (Fsp3) is 0.833. The predicted molar refractivity (Wildman–Crippen MR) is 43.3 cm³/mol. The summed E-state index contributed by atoms with van der Waals surface area (Å²) < 4.78 is 0. The average molecular weight is 207 g/mol. The molecule has 0 atom stereocenters. The van der Waals surface area contributed by atoms with Crippen LogP contribution in [0.1, 0.15) is 6.42 Å². The first-order valence-corrected chi connectivity index (χ1v) is 3.28. The Balaban J connectivity index is 0.000000500. The minimum atomic E-state index is 0. The Bertz CT molecular complexity index is 156. The maximum Gasteiger partial charge on any atom is 0.220 e. The third kappa shape index (κ3) is 1.06. The highest BCUT2D eigenvalue weighted by Crippen LogP contribution is 2.29. The van der Waals surface area contributed by atoms with Gasteiger partial charge in [0.2, 0.25) is 5.91 Å². The van der Waals surface area contributed by atoms with E-state index in [-0.39, 0.29) is 22.9 Å². The van der Waals surface area contributed by atoms with Crippen LogP contribution in [0.3, 0.4) is 0 Å². The number of halogens is 1. The molecule has 2 saturated heterocycles. The molecule has 2 heterocycles. The maximum absolute atomic E-state index is 10.7. The molecule has 4 heteroatoms. The van der Waals surface area contributed by atoms with Crippen molar-refractivity contribution in [1.82, 2.24) is 10.6 Å². The van der Waals surface area contributed by atoms with Gasteiger partial charge in [-0.25, -0.2) is 0 Å². The van der Waals surface area contributed by atoms with Crippen LogP contribution in [0.5, 0.6) is 0 Å². The van der Waals surface area contributed by atoms with Crippen LogP contribution in [0.2, 0.25) is 0 Å². The molecule has 0 saturated carbocycles. The number of rotatable bonds is 0. The number of nitrogens with one attached hydrogen (secondary N) is 2. The summed E-state index contributed by atoms with van der Waals surface area (Å²) in [5, 5.41) is 6.01. The Hall–Kier alpha value is -0.0900. The molecular weight excluding hydrogens is 196 g/mol. The molecule has 0 bridgehead atoms. The first-order chi connectivity index (χ1) is 4.31. The van der Waals surface area contributed by atoms with Crippen LogP contribution in [0.15, 0.2) is 0 Å². The van der Waals surface area contributed by atoms with Crippen LogP contribution in [0.25, 0.3) is 0 Å². The van der Waals surface area contributed by atoms with E-state index in [1.165, 1.54) is 0 Å². The number of amides is 1. The predicted octanol–water partition coefficient (Wildman–Crippen LogP) is -0.326. The minimum Gasteiger partial charge on any atom is -0.355 e. The fourth-order valence-corrected chi connectivity index (χ4v) is 1.48. The van der Waals surface area contributed by atoms with Crippen LogP contribution in [-0.2, 0) is 4.79 Å². The van der Waals surface area contributed by atoms with Crippen LogP contribution in [0, 0.1) is 5.41 Å². The molecule has 10 heavy (non-hydrogen) atoms. The van der Waals surface area contributed by atoms with E-state index < -0.39 is 0 Å². The van der Waals surface area contributed by atoms with Gasteiger partial charge in [-0.2, -0.15) is 0 Å². The van der Waals surface area contributed by atoms with Gasteiger partial charge in [0.05, 0.1) is 0 Å². The van der Waals surface area contributed by atoms with Gasteiger partial charge in [-0.05, 0) is 0 Å². The summed E-state index contributed by atoms with van der Waals surface area (Å²) in [7, 11) is 0. The van der Waals surface area contributed by atoms with Crippen molar-refractivity contribution in [2.75, 3.05) is 19.6 Å². The normalized spacial score (nSPS) is 27.0. The molecule has 2 fully saturated rings. The van der Waals surface area contributed by atoms with Crippen molar-refractivity contribution < 1.29 is 4.79 Å². The highest BCUT2D eigenvalue weighted by Gasteiger charge is 2.43. The molecular formula is C6H11BrN2O. The molecule has 2 N–H and O–H groups in total. The Kier molecular flexibility index (Phi) is 2.01. The Labute approximate surface area is 70.3 Å². The van der Waals surface area contributed by atoms with Crippen molar-refractivity contribution in [2.24, 2.45) is 5.41 Å². The molecule has 2 aliphatic rings. The van der Waals surface area contributed by atoms with Gasteiger partial charge in [0, 0.05) is 31.5 Å². The number of hydrogen-bond acceptors (Lipinski definition) is 2. The smallest absolute Gasteiger partial charge is 0.220 e. The first-order valence-electron chi connectivity index (χ1n) is 3.28. The quantitative estimate of drug-likeness (QED) is 0.571. The zero-order valence-electron chi connectivity index (χ0n) is 5.64. The zero-order valence-corrected chi connectivity index (χ0v) is 7.36. The summed E-state index contributed by atoms with van der Waals surface area (Å²) in [5.41, 5.74) is 0.317. The second-order valence-electron chi connectivity index (χ2n) is 3.06. The fourth-order valence-electron chi connectivity index (χ4n) is 1.48. The Morgan fingerprint density at radius 3 is 2.20 bits per heavy atom. The number of hydrogen-bond donors (Lipinski definition) is 2. The lowest BCUT2D eigenvalue weighted by molar-refractivity contribution is -0.119. The highest BCUT2D eigenvalue weighted by molar-refractivity contribution is 8.93. The third-order valence-electron chi connectivity index (χ3n) is 2.20. The van der Waals surface area contributed by atoms with E-state index in [0.29, 0.717) is 5.41 Å². The molecule has 1 spiro atoms. The second-order valence-corrected chi connectivity index (χ2v) is 3.06. The summed E-state index contributed by atoms with van der Waals surface area (Å²) in [4.78, 5) is 10.7.